The van der Waals surface area contributed by atoms with Crippen LogP contribution < -0.4 is 5.32 Å². The van der Waals surface area contributed by atoms with Crippen LogP contribution >= 0.6 is 0 Å². The molecule has 1 aromatic rings. The minimum atomic E-state index is -0.975. The number of H-pyrrole nitrogens is 1. The van der Waals surface area contributed by atoms with Crippen molar-refractivity contribution in [2.24, 2.45) is 5.92 Å². The molecule has 1 aliphatic heterocycles. The van der Waals surface area contributed by atoms with Gasteiger partial charge in [-0.15, -0.1) is 10.2 Å². The Morgan fingerprint density at radius 2 is 2.26 bits per heavy atom. The smallest absolute Gasteiger partial charge is 0.247 e. The zero-order valence-electron chi connectivity index (χ0n) is 13.4. The summed E-state index contributed by atoms with van der Waals surface area (Å²) >= 11 is 0. The van der Waals surface area contributed by atoms with E-state index in [0.29, 0.717) is 19.0 Å². The Kier molecular flexibility index (Phi) is 5.26. The standard InChI is InChI=1S/C13H22N6O4/c1-8(2)10(21)14-9(6-20)11(22)19-4-5-23-13(3,7-19)12-15-17-18-16-12/h8-9,20H,4-7H2,1-3H3,(H,14,21)(H,15,16,17,18)/t9-,13?/m0/s1. The van der Waals surface area contributed by atoms with Crippen molar-refractivity contribution in [3.63, 3.8) is 0 Å². The SMILES string of the molecule is CC(C)C(=O)N[C@@H](CO)C(=O)N1CCOC(C)(c2nn[nH]n2)C1. The van der Waals surface area contributed by atoms with E-state index in [9.17, 15) is 14.7 Å². The fourth-order valence-corrected chi connectivity index (χ4v) is 2.32. The highest BCUT2D eigenvalue weighted by atomic mass is 16.5. The number of carbonyl (C=O) groups excluding carboxylic acids is 2. The molecule has 0 spiro atoms. The van der Waals surface area contributed by atoms with Gasteiger partial charge in [0, 0.05) is 12.5 Å². The predicted molar refractivity (Wildman–Crippen MR) is 77.9 cm³/mol. The number of aliphatic hydroxyl groups is 1. The van der Waals surface area contributed by atoms with Crippen molar-refractivity contribution in [1.82, 2.24) is 30.8 Å². The normalized spacial score (nSPS) is 22.9. The highest BCUT2D eigenvalue weighted by molar-refractivity contribution is 5.88. The van der Waals surface area contributed by atoms with Gasteiger partial charge in [-0.3, -0.25) is 9.59 Å². The Bertz CT molecular complexity index is 549. The molecule has 0 saturated carbocycles. The van der Waals surface area contributed by atoms with E-state index in [1.807, 2.05) is 0 Å². The van der Waals surface area contributed by atoms with Gasteiger partial charge in [0.25, 0.3) is 0 Å². The van der Waals surface area contributed by atoms with Crippen molar-refractivity contribution in [3.8, 4) is 0 Å². The molecule has 1 saturated heterocycles. The first-order valence-electron chi connectivity index (χ1n) is 7.45. The van der Waals surface area contributed by atoms with Crippen LogP contribution in [0.15, 0.2) is 0 Å². The maximum Gasteiger partial charge on any atom is 0.247 e. The second-order valence-corrected chi connectivity index (χ2v) is 5.97. The first-order valence-corrected chi connectivity index (χ1v) is 7.45. The molecule has 128 valence electrons. The largest absolute Gasteiger partial charge is 0.394 e. The molecule has 10 nitrogen and oxygen atoms in total. The molecule has 2 rings (SSSR count). The highest BCUT2D eigenvalue weighted by Crippen LogP contribution is 2.26. The molecular formula is C13H22N6O4. The van der Waals surface area contributed by atoms with Crippen LogP contribution in [0.3, 0.4) is 0 Å². The summed E-state index contributed by atoms with van der Waals surface area (Å²) in [6, 6.07) is -0.975. The number of tetrazole rings is 1. The van der Waals surface area contributed by atoms with Crippen LogP contribution in [-0.2, 0) is 19.9 Å². The van der Waals surface area contributed by atoms with Crippen LogP contribution in [0.1, 0.15) is 26.6 Å². The Labute approximate surface area is 133 Å². The summed E-state index contributed by atoms with van der Waals surface area (Å²) in [5.74, 6) is -0.570. The molecule has 2 amide bonds. The number of nitrogens with zero attached hydrogens (tertiary/aromatic N) is 4. The van der Waals surface area contributed by atoms with Gasteiger partial charge in [0.2, 0.25) is 17.6 Å². The van der Waals surface area contributed by atoms with Crippen LogP contribution in [0, 0.1) is 5.92 Å². The number of aromatic nitrogens is 4. The molecule has 1 unspecified atom stereocenters. The molecular weight excluding hydrogens is 304 g/mol. The topological polar surface area (TPSA) is 133 Å². The molecule has 1 aromatic heterocycles. The second kappa shape index (κ2) is 7.01. The van der Waals surface area contributed by atoms with Gasteiger partial charge in [-0.1, -0.05) is 19.1 Å². The van der Waals surface area contributed by atoms with Gasteiger partial charge in [0.1, 0.15) is 11.6 Å². The Morgan fingerprint density at radius 3 is 2.83 bits per heavy atom. The summed E-state index contributed by atoms with van der Waals surface area (Å²) in [4.78, 5) is 25.9. The lowest BCUT2D eigenvalue weighted by atomic mass is 10.0. The number of nitrogens with one attached hydrogen (secondary N) is 2. The van der Waals surface area contributed by atoms with E-state index in [4.69, 9.17) is 4.74 Å². The number of morpholine rings is 1. The molecule has 23 heavy (non-hydrogen) atoms. The predicted octanol–water partition coefficient (Wildman–Crippen LogP) is -1.59. The van der Waals surface area contributed by atoms with Crippen LogP contribution in [0.4, 0.5) is 0 Å². The maximum atomic E-state index is 12.6. The average molecular weight is 326 g/mol. The Hall–Kier alpha value is -2.07. The fourth-order valence-electron chi connectivity index (χ4n) is 2.32. The lowest BCUT2D eigenvalue weighted by Gasteiger charge is -2.39. The number of ether oxygens (including phenoxy) is 1. The number of carbonyl (C=O) groups is 2. The quantitative estimate of drug-likeness (QED) is 0.594. The third-order valence-corrected chi connectivity index (χ3v) is 3.73. The summed E-state index contributed by atoms with van der Waals surface area (Å²) in [6.45, 7) is 5.60. The zero-order valence-corrected chi connectivity index (χ0v) is 13.4. The van der Waals surface area contributed by atoms with E-state index in [1.165, 1.54) is 4.90 Å². The van der Waals surface area contributed by atoms with Gasteiger partial charge in [0.05, 0.1) is 19.8 Å². The molecule has 0 aliphatic carbocycles. The van der Waals surface area contributed by atoms with Crippen molar-refractivity contribution in [3.05, 3.63) is 5.82 Å². The maximum absolute atomic E-state index is 12.6. The fraction of sp³-hybridized carbons (Fsp3) is 0.769. The zero-order chi connectivity index (χ0) is 17.0. The summed E-state index contributed by atoms with van der Waals surface area (Å²) in [5.41, 5.74) is -0.886. The van der Waals surface area contributed by atoms with E-state index in [0.717, 1.165) is 0 Å². The van der Waals surface area contributed by atoms with Crippen molar-refractivity contribution in [2.75, 3.05) is 26.3 Å². The lowest BCUT2D eigenvalue weighted by molar-refractivity contribution is -0.155. The monoisotopic (exact) mass is 326 g/mol. The molecule has 0 aromatic carbocycles. The van der Waals surface area contributed by atoms with Crippen molar-refractivity contribution < 1.29 is 19.4 Å². The highest BCUT2D eigenvalue weighted by Gasteiger charge is 2.40. The van der Waals surface area contributed by atoms with Gasteiger partial charge in [-0.2, -0.15) is 5.21 Å². The van der Waals surface area contributed by atoms with E-state index < -0.39 is 18.2 Å². The summed E-state index contributed by atoms with van der Waals surface area (Å²) in [7, 11) is 0. The third-order valence-electron chi connectivity index (χ3n) is 3.73. The Morgan fingerprint density at radius 1 is 1.52 bits per heavy atom. The molecule has 1 aliphatic rings. The number of rotatable bonds is 5. The molecule has 1 fully saturated rings. The van der Waals surface area contributed by atoms with E-state index in [1.54, 1.807) is 20.8 Å². The number of hydrogen-bond donors (Lipinski definition) is 3. The third kappa shape index (κ3) is 3.82. The van der Waals surface area contributed by atoms with Crippen LogP contribution in [0.25, 0.3) is 0 Å². The van der Waals surface area contributed by atoms with E-state index in [-0.39, 0.29) is 24.3 Å². The van der Waals surface area contributed by atoms with E-state index >= 15 is 0 Å². The minimum Gasteiger partial charge on any atom is -0.394 e. The number of aromatic amines is 1. The van der Waals surface area contributed by atoms with Gasteiger partial charge in [0.15, 0.2) is 0 Å². The number of aliphatic hydroxyl groups excluding tert-OH is 1. The molecule has 2 heterocycles. The summed E-state index contributed by atoms with van der Waals surface area (Å²) in [5, 5.41) is 25.7. The molecule has 0 bridgehead atoms. The van der Waals surface area contributed by atoms with Crippen LogP contribution in [0.2, 0.25) is 0 Å². The first kappa shape index (κ1) is 17.3. The van der Waals surface area contributed by atoms with E-state index in [2.05, 4.69) is 25.9 Å². The van der Waals surface area contributed by atoms with Crippen molar-refractivity contribution in [1.29, 1.82) is 0 Å². The number of hydrogen-bond acceptors (Lipinski definition) is 7. The molecule has 2 atom stereocenters. The van der Waals surface area contributed by atoms with Gasteiger partial charge in [-0.05, 0) is 6.92 Å². The first-order chi connectivity index (χ1) is 10.9. The van der Waals surface area contributed by atoms with Gasteiger partial charge < -0.3 is 20.1 Å². The molecule has 10 heteroatoms. The van der Waals surface area contributed by atoms with Gasteiger partial charge in [-0.25, -0.2) is 0 Å². The average Bonchev–Trinajstić information content (AvgIpc) is 3.07. The molecule has 0 radical (unpaired) electrons. The summed E-state index contributed by atoms with van der Waals surface area (Å²) in [6.07, 6.45) is 0. The van der Waals surface area contributed by atoms with Crippen molar-refractivity contribution in [2.45, 2.75) is 32.4 Å². The minimum absolute atomic E-state index is 0.208. The Balaban J connectivity index is 2.07. The summed E-state index contributed by atoms with van der Waals surface area (Å²) < 4.78 is 5.69. The van der Waals surface area contributed by atoms with Crippen LogP contribution in [-0.4, -0.2) is 74.8 Å². The van der Waals surface area contributed by atoms with Crippen molar-refractivity contribution >= 4 is 11.8 Å². The number of amides is 2. The van der Waals surface area contributed by atoms with Crippen LogP contribution in [0.5, 0.6) is 0 Å². The lowest BCUT2D eigenvalue weighted by Crippen LogP contribution is -2.57. The second-order valence-electron chi connectivity index (χ2n) is 5.97. The van der Waals surface area contributed by atoms with Gasteiger partial charge >= 0.3 is 0 Å². The molecule has 3 N–H and O–H groups in total.